The van der Waals surface area contributed by atoms with Gasteiger partial charge in [-0.25, -0.2) is 0 Å². The Morgan fingerprint density at radius 2 is 1.74 bits per heavy atom. The second-order valence-electron chi connectivity index (χ2n) is 7.81. The molecule has 0 atom stereocenters. The Hall–Kier alpha value is -1.00. The van der Waals surface area contributed by atoms with E-state index in [1.165, 1.54) is 38.5 Å². The van der Waals surface area contributed by atoms with Crippen LogP contribution in [0.4, 0.5) is 5.69 Å². The summed E-state index contributed by atoms with van der Waals surface area (Å²) in [6.07, 6.45) is 8.20. The fourth-order valence-corrected chi connectivity index (χ4v) is 5.84. The molecule has 4 aliphatic carbocycles. The van der Waals surface area contributed by atoms with Gasteiger partial charge in [0.1, 0.15) is 0 Å². The van der Waals surface area contributed by atoms with Gasteiger partial charge in [0.25, 0.3) is 0 Å². The first-order chi connectivity index (χ1) is 11.0. The normalized spacial score (nSPS) is 34.3. The summed E-state index contributed by atoms with van der Waals surface area (Å²) in [4.78, 5) is 0. The lowest BCUT2D eigenvalue weighted by atomic mass is 9.53. The lowest BCUT2D eigenvalue weighted by molar-refractivity contribution is -0.0101. The molecule has 3 nitrogen and oxygen atoms in total. The second-order valence-corrected chi connectivity index (χ2v) is 8.63. The van der Waals surface area contributed by atoms with Crippen molar-refractivity contribution in [1.29, 1.82) is 0 Å². The van der Waals surface area contributed by atoms with E-state index >= 15 is 0 Å². The van der Waals surface area contributed by atoms with Crippen molar-refractivity contribution in [2.24, 2.45) is 17.8 Å². The average molecular weight is 350 g/mol. The van der Waals surface area contributed by atoms with Gasteiger partial charge in [-0.1, -0.05) is 17.7 Å². The van der Waals surface area contributed by atoms with Crippen LogP contribution in [0, 0.1) is 24.7 Å². The number of hydrogen-bond donors (Lipinski definition) is 3. The Labute approximate surface area is 148 Å². The smallest absolute Gasteiger partial charge is 0.185 e. The molecular formula is C18H24ClN3S. The predicted molar refractivity (Wildman–Crippen MR) is 99.6 cm³/mol. The molecule has 0 aromatic heterocycles. The van der Waals surface area contributed by atoms with Crippen molar-refractivity contribution >= 4 is 34.6 Å². The fraction of sp³-hybridized carbons (Fsp3) is 0.611. The standard InChI is InChI=1S/C18H24ClN3S/c1-11-15(19)3-2-4-16(11)21-22-17(23)20-18-8-12-5-13(9-18)7-14(6-12)10-18/h2-4,12-14,21H,5-10H2,1H3,(H2,20,22,23). The van der Waals surface area contributed by atoms with E-state index in [4.69, 9.17) is 23.8 Å². The lowest BCUT2D eigenvalue weighted by Crippen LogP contribution is -2.61. The molecule has 0 amide bonds. The van der Waals surface area contributed by atoms with Crippen molar-refractivity contribution in [2.75, 3.05) is 5.43 Å². The lowest BCUT2D eigenvalue weighted by Gasteiger charge is -2.57. The molecule has 4 bridgehead atoms. The van der Waals surface area contributed by atoms with Crippen LogP contribution in [-0.4, -0.2) is 10.7 Å². The summed E-state index contributed by atoms with van der Waals surface area (Å²) in [5, 5.41) is 5.11. The Kier molecular flexibility index (Phi) is 3.93. The number of thiocarbonyl (C=S) groups is 1. The average Bonchev–Trinajstić information content (AvgIpc) is 2.47. The zero-order chi connectivity index (χ0) is 16.0. The molecular weight excluding hydrogens is 326 g/mol. The highest BCUT2D eigenvalue weighted by Gasteiger charge is 2.51. The topological polar surface area (TPSA) is 36.1 Å². The summed E-state index contributed by atoms with van der Waals surface area (Å²) in [7, 11) is 0. The molecule has 4 fully saturated rings. The Balaban J connectivity index is 1.38. The van der Waals surface area contributed by atoms with Gasteiger partial charge in [0.15, 0.2) is 5.11 Å². The van der Waals surface area contributed by atoms with Gasteiger partial charge < -0.3 is 5.32 Å². The summed E-state index contributed by atoms with van der Waals surface area (Å²) in [6.45, 7) is 2.00. The van der Waals surface area contributed by atoms with Gasteiger partial charge >= 0.3 is 0 Å². The van der Waals surface area contributed by atoms with Crippen LogP contribution in [0.1, 0.15) is 44.1 Å². The third-order valence-electron chi connectivity index (χ3n) is 6.00. The van der Waals surface area contributed by atoms with Gasteiger partial charge in [0, 0.05) is 10.6 Å². The molecule has 4 aliphatic rings. The van der Waals surface area contributed by atoms with Crippen LogP contribution in [0.2, 0.25) is 5.02 Å². The quantitative estimate of drug-likeness (QED) is 0.558. The van der Waals surface area contributed by atoms with Crippen LogP contribution < -0.4 is 16.2 Å². The monoisotopic (exact) mass is 349 g/mol. The maximum Gasteiger partial charge on any atom is 0.185 e. The first-order valence-corrected chi connectivity index (χ1v) is 9.41. The van der Waals surface area contributed by atoms with Crippen molar-refractivity contribution in [1.82, 2.24) is 10.7 Å². The maximum absolute atomic E-state index is 6.16. The van der Waals surface area contributed by atoms with Crippen molar-refractivity contribution in [3.05, 3.63) is 28.8 Å². The van der Waals surface area contributed by atoms with E-state index in [0.717, 1.165) is 34.0 Å². The molecule has 0 radical (unpaired) electrons. The van der Waals surface area contributed by atoms with Gasteiger partial charge in [-0.15, -0.1) is 0 Å². The van der Waals surface area contributed by atoms with Gasteiger partial charge in [0.05, 0.1) is 5.69 Å². The Morgan fingerprint density at radius 1 is 1.13 bits per heavy atom. The highest BCUT2D eigenvalue weighted by Crippen LogP contribution is 2.55. The third-order valence-corrected chi connectivity index (χ3v) is 6.61. The summed E-state index contributed by atoms with van der Waals surface area (Å²) in [5.41, 5.74) is 8.58. The summed E-state index contributed by atoms with van der Waals surface area (Å²) < 4.78 is 0. The Bertz CT molecular complexity index is 595. The third kappa shape index (κ3) is 3.03. The SMILES string of the molecule is Cc1c(Cl)cccc1NNC(=S)NC12CC3CC(CC(C3)C1)C2. The zero-order valence-corrected chi connectivity index (χ0v) is 15.1. The molecule has 0 unspecified atom stereocenters. The molecule has 5 rings (SSSR count). The molecule has 1 aromatic rings. The molecule has 4 saturated carbocycles. The number of anilines is 1. The first-order valence-electron chi connectivity index (χ1n) is 8.62. The largest absolute Gasteiger partial charge is 0.356 e. The van der Waals surface area contributed by atoms with E-state index in [0.29, 0.717) is 5.11 Å². The molecule has 1 aromatic carbocycles. The van der Waals surface area contributed by atoms with E-state index < -0.39 is 0 Å². The van der Waals surface area contributed by atoms with E-state index in [1.807, 2.05) is 25.1 Å². The van der Waals surface area contributed by atoms with E-state index in [-0.39, 0.29) is 5.54 Å². The minimum Gasteiger partial charge on any atom is -0.356 e. The number of rotatable bonds is 3. The van der Waals surface area contributed by atoms with Gasteiger partial charge in [0.2, 0.25) is 0 Å². The minimum atomic E-state index is 0.240. The van der Waals surface area contributed by atoms with Gasteiger partial charge in [-0.2, -0.15) is 0 Å². The highest BCUT2D eigenvalue weighted by atomic mass is 35.5. The molecule has 124 valence electrons. The van der Waals surface area contributed by atoms with Crippen LogP contribution in [0.15, 0.2) is 18.2 Å². The van der Waals surface area contributed by atoms with Crippen molar-refractivity contribution in [3.63, 3.8) is 0 Å². The first kappa shape index (κ1) is 15.5. The zero-order valence-electron chi connectivity index (χ0n) is 13.5. The van der Waals surface area contributed by atoms with Crippen LogP contribution in [0.5, 0.6) is 0 Å². The molecule has 0 heterocycles. The van der Waals surface area contributed by atoms with E-state index in [1.54, 1.807) is 0 Å². The molecule has 0 spiro atoms. The number of benzene rings is 1. The van der Waals surface area contributed by atoms with E-state index in [9.17, 15) is 0 Å². The molecule has 0 saturated heterocycles. The minimum absolute atomic E-state index is 0.240. The molecule has 23 heavy (non-hydrogen) atoms. The molecule has 3 N–H and O–H groups in total. The van der Waals surface area contributed by atoms with E-state index in [2.05, 4.69) is 16.2 Å². The Morgan fingerprint density at radius 3 is 2.35 bits per heavy atom. The van der Waals surface area contributed by atoms with Crippen LogP contribution in [0.25, 0.3) is 0 Å². The van der Waals surface area contributed by atoms with Gasteiger partial charge in [-0.3, -0.25) is 10.9 Å². The van der Waals surface area contributed by atoms with Crippen molar-refractivity contribution < 1.29 is 0 Å². The molecule has 0 aliphatic heterocycles. The number of nitrogens with one attached hydrogen (secondary N) is 3. The number of hydrogen-bond acceptors (Lipinski definition) is 2. The number of hydrazine groups is 1. The van der Waals surface area contributed by atoms with Crippen LogP contribution in [-0.2, 0) is 0 Å². The van der Waals surface area contributed by atoms with Crippen molar-refractivity contribution in [2.45, 2.75) is 51.0 Å². The number of halogens is 1. The molecule has 5 heteroatoms. The summed E-state index contributed by atoms with van der Waals surface area (Å²) in [6, 6.07) is 5.84. The predicted octanol–water partition coefficient (Wildman–Crippen LogP) is 4.41. The fourth-order valence-electron chi connectivity index (χ4n) is 5.40. The van der Waals surface area contributed by atoms with Crippen molar-refractivity contribution in [3.8, 4) is 0 Å². The second kappa shape index (κ2) is 5.82. The maximum atomic E-state index is 6.16. The summed E-state index contributed by atoms with van der Waals surface area (Å²) in [5.74, 6) is 2.75. The van der Waals surface area contributed by atoms with Gasteiger partial charge in [-0.05, 0) is 93.1 Å². The summed E-state index contributed by atoms with van der Waals surface area (Å²) >= 11 is 11.7. The highest BCUT2D eigenvalue weighted by molar-refractivity contribution is 7.80. The van der Waals surface area contributed by atoms with Crippen LogP contribution >= 0.6 is 23.8 Å². The van der Waals surface area contributed by atoms with Crippen LogP contribution in [0.3, 0.4) is 0 Å².